The van der Waals surface area contributed by atoms with Gasteiger partial charge in [0.05, 0.1) is 11.7 Å². The predicted molar refractivity (Wildman–Crippen MR) is 104 cm³/mol. The molecule has 4 bridgehead atoms. The molecule has 2 aromatic rings. The zero-order chi connectivity index (χ0) is 17.1. The molecule has 1 atom stereocenters. The Kier molecular flexibility index (Phi) is 3.29. The number of para-hydroxylation sites is 1. The van der Waals surface area contributed by atoms with Gasteiger partial charge in [0.25, 0.3) is 0 Å². The van der Waals surface area contributed by atoms with Crippen molar-refractivity contribution in [3.05, 3.63) is 66.2 Å². The highest BCUT2D eigenvalue weighted by molar-refractivity contribution is 5.48. The number of rotatable bonds is 2. The van der Waals surface area contributed by atoms with Gasteiger partial charge in [-0.2, -0.15) is 0 Å². The largest absolute Gasteiger partial charge is 0.266 e. The molecular weight excluding hydrogens is 318 g/mol. The Morgan fingerprint density at radius 1 is 0.731 bits per heavy atom. The van der Waals surface area contributed by atoms with Crippen molar-refractivity contribution < 1.29 is 4.84 Å². The van der Waals surface area contributed by atoms with Crippen molar-refractivity contribution in [2.75, 3.05) is 5.06 Å². The van der Waals surface area contributed by atoms with Crippen molar-refractivity contribution in [3.8, 4) is 0 Å². The summed E-state index contributed by atoms with van der Waals surface area (Å²) >= 11 is 0. The van der Waals surface area contributed by atoms with Crippen molar-refractivity contribution in [1.29, 1.82) is 0 Å². The Labute approximate surface area is 156 Å². The highest BCUT2D eigenvalue weighted by Gasteiger charge is 2.63. The van der Waals surface area contributed by atoms with Gasteiger partial charge >= 0.3 is 0 Å². The summed E-state index contributed by atoms with van der Waals surface area (Å²) in [5, 5.41) is 2.26. The molecule has 5 aliphatic rings. The fraction of sp³-hybridized carbons (Fsp3) is 0.500. The standard InChI is InChI=1S/C24H27NO/c1-3-7-19(8-4-1)23-16-24(26-25(23)22-9-5-2-6-10-22)20-12-17-11-18(14-20)15-21(24)13-17/h1-10,17-18,20-21,23H,11-16H2. The van der Waals surface area contributed by atoms with Crippen LogP contribution in [0, 0.1) is 23.7 Å². The van der Waals surface area contributed by atoms with Crippen molar-refractivity contribution in [2.24, 2.45) is 23.7 Å². The van der Waals surface area contributed by atoms with Gasteiger partial charge in [-0.15, -0.1) is 0 Å². The lowest BCUT2D eigenvalue weighted by Gasteiger charge is -2.58. The second kappa shape index (κ2) is 5.60. The van der Waals surface area contributed by atoms with Gasteiger partial charge < -0.3 is 0 Å². The smallest absolute Gasteiger partial charge is 0.104 e. The molecule has 1 unspecified atom stereocenters. The molecule has 2 nitrogen and oxygen atoms in total. The second-order valence-electron chi connectivity index (χ2n) is 9.14. The first kappa shape index (κ1) is 15.3. The SMILES string of the molecule is c1ccc(C2CC3(ON2c2ccccc2)C2CC4CC(C2)CC3C4)cc1. The van der Waals surface area contributed by atoms with E-state index in [1.165, 1.54) is 43.4 Å². The Hall–Kier alpha value is -1.80. The van der Waals surface area contributed by atoms with Crippen LogP contribution < -0.4 is 5.06 Å². The molecule has 0 aromatic heterocycles. The summed E-state index contributed by atoms with van der Waals surface area (Å²) in [6.07, 6.45) is 8.25. The van der Waals surface area contributed by atoms with Gasteiger partial charge in [0, 0.05) is 6.42 Å². The molecule has 4 saturated carbocycles. The molecule has 0 N–H and O–H groups in total. The predicted octanol–water partition coefficient (Wildman–Crippen LogP) is 5.76. The van der Waals surface area contributed by atoms with E-state index < -0.39 is 0 Å². The van der Waals surface area contributed by atoms with E-state index in [2.05, 4.69) is 65.7 Å². The van der Waals surface area contributed by atoms with E-state index in [0.717, 1.165) is 30.1 Å². The van der Waals surface area contributed by atoms with Gasteiger partial charge in [-0.3, -0.25) is 4.84 Å². The number of anilines is 1. The second-order valence-corrected chi connectivity index (χ2v) is 9.14. The number of benzene rings is 2. The minimum atomic E-state index is 0.0732. The molecule has 5 fully saturated rings. The molecule has 26 heavy (non-hydrogen) atoms. The van der Waals surface area contributed by atoms with E-state index in [0.29, 0.717) is 6.04 Å². The fourth-order valence-electron chi connectivity index (χ4n) is 6.87. The average Bonchev–Trinajstić information content (AvgIpc) is 3.09. The average molecular weight is 345 g/mol. The normalized spacial score (nSPS) is 40.5. The van der Waals surface area contributed by atoms with Gasteiger partial charge in [0.15, 0.2) is 0 Å². The fourth-order valence-corrected chi connectivity index (χ4v) is 6.87. The molecule has 1 saturated heterocycles. The van der Waals surface area contributed by atoms with Crippen molar-refractivity contribution in [2.45, 2.75) is 50.2 Å². The minimum Gasteiger partial charge on any atom is -0.266 e. The van der Waals surface area contributed by atoms with Gasteiger partial charge in [-0.05, 0) is 73.5 Å². The Balaban J connectivity index is 1.42. The number of hydrogen-bond acceptors (Lipinski definition) is 2. The van der Waals surface area contributed by atoms with Crippen molar-refractivity contribution in [3.63, 3.8) is 0 Å². The third-order valence-electron chi connectivity index (χ3n) is 7.78. The minimum absolute atomic E-state index is 0.0732. The lowest BCUT2D eigenvalue weighted by Crippen LogP contribution is -2.57. The lowest BCUT2D eigenvalue weighted by atomic mass is 9.49. The molecule has 4 aliphatic carbocycles. The molecule has 1 aliphatic heterocycles. The summed E-state index contributed by atoms with van der Waals surface area (Å²) in [7, 11) is 0. The third kappa shape index (κ3) is 2.15. The quantitative estimate of drug-likeness (QED) is 0.685. The highest BCUT2D eigenvalue weighted by atomic mass is 16.7. The van der Waals surface area contributed by atoms with E-state index in [-0.39, 0.29) is 5.60 Å². The van der Waals surface area contributed by atoms with E-state index in [1.54, 1.807) is 0 Å². The van der Waals surface area contributed by atoms with E-state index in [9.17, 15) is 0 Å². The molecule has 2 heteroatoms. The molecule has 0 radical (unpaired) electrons. The zero-order valence-corrected chi connectivity index (χ0v) is 15.3. The van der Waals surface area contributed by atoms with Crippen LogP contribution in [0.25, 0.3) is 0 Å². The van der Waals surface area contributed by atoms with E-state index in [4.69, 9.17) is 4.84 Å². The molecule has 7 rings (SSSR count). The first-order chi connectivity index (χ1) is 12.8. The lowest BCUT2D eigenvalue weighted by molar-refractivity contribution is -0.185. The first-order valence-electron chi connectivity index (χ1n) is 10.4. The number of hydroxylamine groups is 1. The summed E-state index contributed by atoms with van der Waals surface area (Å²) in [5.41, 5.74) is 2.66. The van der Waals surface area contributed by atoms with Gasteiger partial charge in [-0.1, -0.05) is 48.5 Å². The topological polar surface area (TPSA) is 12.5 Å². The Morgan fingerprint density at radius 3 is 1.92 bits per heavy atom. The number of nitrogens with zero attached hydrogens (tertiary/aromatic N) is 1. The molecule has 1 spiro atoms. The van der Waals surface area contributed by atoms with Crippen molar-refractivity contribution >= 4 is 5.69 Å². The van der Waals surface area contributed by atoms with Crippen LogP contribution in [0.5, 0.6) is 0 Å². The summed E-state index contributed by atoms with van der Waals surface area (Å²) in [4.78, 5) is 7.01. The van der Waals surface area contributed by atoms with Crippen LogP contribution in [0.2, 0.25) is 0 Å². The molecule has 1 heterocycles. The molecule has 2 aromatic carbocycles. The summed E-state index contributed by atoms with van der Waals surface area (Å²) in [6.45, 7) is 0. The van der Waals surface area contributed by atoms with Crippen molar-refractivity contribution in [1.82, 2.24) is 0 Å². The van der Waals surface area contributed by atoms with Crippen LogP contribution in [0.1, 0.15) is 50.1 Å². The summed E-state index contributed by atoms with van der Waals surface area (Å²) < 4.78 is 0. The van der Waals surface area contributed by atoms with Gasteiger partial charge in [-0.25, -0.2) is 5.06 Å². The maximum atomic E-state index is 7.01. The molecule has 0 amide bonds. The summed E-state index contributed by atoms with van der Waals surface area (Å²) in [5.74, 6) is 3.48. The van der Waals surface area contributed by atoms with Gasteiger partial charge in [0.1, 0.15) is 5.60 Å². The molecule has 134 valence electrons. The van der Waals surface area contributed by atoms with E-state index in [1.807, 2.05) is 0 Å². The Morgan fingerprint density at radius 2 is 1.31 bits per heavy atom. The number of hydrogen-bond donors (Lipinski definition) is 0. The maximum absolute atomic E-state index is 7.01. The van der Waals surface area contributed by atoms with Crippen LogP contribution >= 0.6 is 0 Å². The third-order valence-corrected chi connectivity index (χ3v) is 7.78. The van der Waals surface area contributed by atoms with Gasteiger partial charge in [0.2, 0.25) is 0 Å². The van der Waals surface area contributed by atoms with Crippen LogP contribution in [0.3, 0.4) is 0 Å². The van der Waals surface area contributed by atoms with Crippen LogP contribution in [-0.2, 0) is 4.84 Å². The molecular formula is C24H27NO. The van der Waals surface area contributed by atoms with Crippen LogP contribution in [0.15, 0.2) is 60.7 Å². The zero-order valence-electron chi connectivity index (χ0n) is 15.3. The highest BCUT2D eigenvalue weighted by Crippen LogP contribution is 2.64. The first-order valence-corrected chi connectivity index (χ1v) is 10.4. The Bertz CT molecular complexity index is 709. The van der Waals surface area contributed by atoms with Crippen LogP contribution in [0.4, 0.5) is 5.69 Å². The van der Waals surface area contributed by atoms with Crippen LogP contribution in [-0.4, -0.2) is 5.60 Å². The van der Waals surface area contributed by atoms with E-state index >= 15 is 0 Å². The summed E-state index contributed by atoms with van der Waals surface area (Å²) in [6, 6.07) is 22.1. The monoisotopic (exact) mass is 345 g/mol. The maximum Gasteiger partial charge on any atom is 0.104 e.